The molecule has 1 aromatic rings. The molecule has 4 heteroatoms. The van der Waals surface area contributed by atoms with Crippen LogP contribution < -0.4 is 10.1 Å². The first-order valence-electron chi connectivity index (χ1n) is 6.95. The van der Waals surface area contributed by atoms with Crippen molar-refractivity contribution >= 4 is 0 Å². The van der Waals surface area contributed by atoms with Gasteiger partial charge in [0.2, 0.25) is 0 Å². The molecule has 1 fully saturated rings. The van der Waals surface area contributed by atoms with E-state index in [1.165, 1.54) is 5.56 Å². The van der Waals surface area contributed by atoms with Crippen molar-refractivity contribution < 1.29 is 4.74 Å². The third-order valence-corrected chi connectivity index (χ3v) is 3.88. The Morgan fingerprint density at radius 2 is 2.00 bits per heavy atom. The van der Waals surface area contributed by atoms with Crippen LogP contribution in [-0.4, -0.2) is 63.7 Å². The van der Waals surface area contributed by atoms with Gasteiger partial charge in [-0.05, 0) is 31.8 Å². The molecule has 19 heavy (non-hydrogen) atoms. The summed E-state index contributed by atoms with van der Waals surface area (Å²) < 4.78 is 5.31. The number of nitrogens with zero attached hydrogens (tertiary/aromatic N) is 2. The molecule has 2 rings (SSSR count). The van der Waals surface area contributed by atoms with Gasteiger partial charge in [-0.2, -0.15) is 0 Å². The highest BCUT2D eigenvalue weighted by molar-refractivity contribution is 5.30. The van der Waals surface area contributed by atoms with Gasteiger partial charge in [-0.25, -0.2) is 0 Å². The van der Waals surface area contributed by atoms with E-state index in [0.29, 0.717) is 6.04 Å². The van der Waals surface area contributed by atoms with Crippen LogP contribution in [0.1, 0.15) is 11.6 Å². The van der Waals surface area contributed by atoms with E-state index >= 15 is 0 Å². The monoisotopic (exact) mass is 263 g/mol. The number of methoxy groups -OCH3 is 1. The van der Waals surface area contributed by atoms with Gasteiger partial charge in [-0.3, -0.25) is 4.90 Å². The van der Waals surface area contributed by atoms with E-state index in [1.807, 2.05) is 13.1 Å². The Kier molecular flexibility index (Phi) is 5.19. The van der Waals surface area contributed by atoms with Crippen LogP contribution in [-0.2, 0) is 0 Å². The van der Waals surface area contributed by atoms with E-state index in [4.69, 9.17) is 4.74 Å². The zero-order valence-corrected chi connectivity index (χ0v) is 12.2. The van der Waals surface area contributed by atoms with E-state index in [2.05, 4.69) is 40.4 Å². The third kappa shape index (κ3) is 3.93. The molecular formula is C15H25N3O. The van der Waals surface area contributed by atoms with Crippen molar-refractivity contribution in [1.82, 2.24) is 15.1 Å². The number of benzene rings is 1. The number of nitrogens with one attached hydrogen (secondary N) is 1. The van der Waals surface area contributed by atoms with Crippen molar-refractivity contribution in [2.24, 2.45) is 0 Å². The minimum atomic E-state index is 0.360. The van der Waals surface area contributed by atoms with E-state index in [9.17, 15) is 0 Å². The van der Waals surface area contributed by atoms with Gasteiger partial charge in [0.1, 0.15) is 5.75 Å². The molecule has 1 heterocycles. The van der Waals surface area contributed by atoms with E-state index in [1.54, 1.807) is 7.11 Å². The summed E-state index contributed by atoms with van der Waals surface area (Å²) in [5.74, 6) is 0.927. The van der Waals surface area contributed by atoms with Gasteiger partial charge < -0.3 is 15.0 Å². The zero-order chi connectivity index (χ0) is 13.7. The second-order valence-corrected chi connectivity index (χ2v) is 5.22. The molecule has 1 atom stereocenters. The fourth-order valence-electron chi connectivity index (χ4n) is 2.51. The maximum absolute atomic E-state index is 5.31. The largest absolute Gasteiger partial charge is 0.497 e. The molecular weight excluding hydrogens is 238 g/mol. The highest BCUT2D eigenvalue weighted by atomic mass is 16.5. The second-order valence-electron chi connectivity index (χ2n) is 5.22. The van der Waals surface area contributed by atoms with Crippen molar-refractivity contribution in [3.63, 3.8) is 0 Å². The summed E-state index contributed by atoms with van der Waals surface area (Å²) in [6.45, 7) is 5.68. The smallest absolute Gasteiger partial charge is 0.119 e. The highest BCUT2D eigenvalue weighted by Crippen LogP contribution is 2.20. The standard InChI is InChI=1S/C15H25N3O/c1-16-15(12-18-9-7-17(2)8-10-18)13-5-4-6-14(11-13)19-3/h4-6,11,15-16H,7-10,12H2,1-3H3. The summed E-state index contributed by atoms with van der Waals surface area (Å²) in [7, 11) is 5.93. The lowest BCUT2D eigenvalue weighted by atomic mass is 10.1. The van der Waals surface area contributed by atoms with Crippen molar-refractivity contribution in [2.45, 2.75) is 6.04 Å². The first-order valence-corrected chi connectivity index (χ1v) is 6.95. The molecule has 106 valence electrons. The maximum atomic E-state index is 5.31. The third-order valence-electron chi connectivity index (χ3n) is 3.88. The zero-order valence-electron chi connectivity index (χ0n) is 12.2. The predicted molar refractivity (Wildman–Crippen MR) is 78.7 cm³/mol. The van der Waals surface area contributed by atoms with Gasteiger partial charge in [-0.15, -0.1) is 0 Å². The summed E-state index contributed by atoms with van der Waals surface area (Å²) in [4.78, 5) is 4.91. The summed E-state index contributed by atoms with van der Waals surface area (Å²) in [6, 6.07) is 8.70. The molecule has 1 aliphatic rings. The van der Waals surface area contributed by atoms with Crippen molar-refractivity contribution in [1.29, 1.82) is 0 Å². The molecule has 0 radical (unpaired) electrons. The summed E-state index contributed by atoms with van der Waals surface area (Å²) in [6.07, 6.45) is 0. The summed E-state index contributed by atoms with van der Waals surface area (Å²) in [5, 5.41) is 3.42. The summed E-state index contributed by atoms with van der Waals surface area (Å²) in [5.41, 5.74) is 1.29. The summed E-state index contributed by atoms with van der Waals surface area (Å²) >= 11 is 0. The number of rotatable bonds is 5. The van der Waals surface area contributed by atoms with Gasteiger partial charge in [0.15, 0.2) is 0 Å². The fourth-order valence-corrected chi connectivity index (χ4v) is 2.51. The van der Waals surface area contributed by atoms with Crippen LogP contribution in [0.4, 0.5) is 0 Å². The Balaban J connectivity index is 1.99. The molecule has 0 bridgehead atoms. The average molecular weight is 263 g/mol. The van der Waals surface area contributed by atoms with Crippen LogP contribution in [0.5, 0.6) is 5.75 Å². The molecule has 0 saturated carbocycles. The Hall–Kier alpha value is -1.10. The highest BCUT2D eigenvalue weighted by Gasteiger charge is 2.18. The van der Waals surface area contributed by atoms with Crippen molar-refractivity contribution in [3.05, 3.63) is 29.8 Å². The SMILES string of the molecule is CNC(CN1CCN(C)CC1)c1cccc(OC)c1. The lowest BCUT2D eigenvalue weighted by Crippen LogP contribution is -2.47. The quantitative estimate of drug-likeness (QED) is 0.864. The maximum Gasteiger partial charge on any atom is 0.119 e. The molecule has 1 unspecified atom stereocenters. The predicted octanol–water partition coefficient (Wildman–Crippen LogP) is 1.20. The minimum Gasteiger partial charge on any atom is -0.497 e. The number of hydrogen-bond acceptors (Lipinski definition) is 4. The molecule has 0 spiro atoms. The normalized spacial score (nSPS) is 19.3. The van der Waals surface area contributed by atoms with Crippen LogP contribution >= 0.6 is 0 Å². The molecule has 1 aliphatic heterocycles. The molecule has 0 amide bonds. The number of hydrogen-bond donors (Lipinski definition) is 1. The second kappa shape index (κ2) is 6.89. The molecule has 4 nitrogen and oxygen atoms in total. The molecule has 1 saturated heterocycles. The van der Waals surface area contributed by atoms with Gasteiger partial charge >= 0.3 is 0 Å². The molecule has 1 N–H and O–H groups in total. The first-order chi connectivity index (χ1) is 9.22. The average Bonchev–Trinajstić information content (AvgIpc) is 2.46. The lowest BCUT2D eigenvalue weighted by molar-refractivity contribution is 0.143. The van der Waals surface area contributed by atoms with E-state index in [-0.39, 0.29) is 0 Å². The Morgan fingerprint density at radius 3 is 2.63 bits per heavy atom. The molecule has 0 aliphatic carbocycles. The van der Waals surface area contributed by atoms with Gasteiger partial charge in [0.05, 0.1) is 7.11 Å². The fraction of sp³-hybridized carbons (Fsp3) is 0.600. The van der Waals surface area contributed by atoms with E-state index in [0.717, 1.165) is 38.5 Å². The van der Waals surface area contributed by atoms with Gasteiger partial charge in [0.25, 0.3) is 0 Å². The van der Waals surface area contributed by atoms with Crippen LogP contribution in [0.3, 0.4) is 0 Å². The number of likely N-dealkylation sites (N-methyl/N-ethyl adjacent to an activating group) is 2. The van der Waals surface area contributed by atoms with Crippen LogP contribution in [0.2, 0.25) is 0 Å². The van der Waals surface area contributed by atoms with Gasteiger partial charge in [0, 0.05) is 38.8 Å². The molecule has 0 aromatic heterocycles. The molecule has 1 aromatic carbocycles. The Labute approximate surface area is 116 Å². The van der Waals surface area contributed by atoms with Crippen molar-refractivity contribution in [2.75, 3.05) is 53.9 Å². The van der Waals surface area contributed by atoms with Gasteiger partial charge in [-0.1, -0.05) is 12.1 Å². The van der Waals surface area contributed by atoms with Crippen LogP contribution in [0, 0.1) is 0 Å². The van der Waals surface area contributed by atoms with Crippen LogP contribution in [0.25, 0.3) is 0 Å². The first kappa shape index (κ1) is 14.3. The van der Waals surface area contributed by atoms with E-state index < -0.39 is 0 Å². The number of piperazine rings is 1. The lowest BCUT2D eigenvalue weighted by Gasteiger charge is -2.34. The Bertz CT molecular complexity index is 389. The van der Waals surface area contributed by atoms with Crippen LogP contribution in [0.15, 0.2) is 24.3 Å². The van der Waals surface area contributed by atoms with Crippen molar-refractivity contribution in [3.8, 4) is 5.75 Å². The Morgan fingerprint density at radius 1 is 1.26 bits per heavy atom. The minimum absolute atomic E-state index is 0.360. The number of ether oxygens (including phenoxy) is 1. The topological polar surface area (TPSA) is 27.7 Å².